The van der Waals surface area contributed by atoms with Crippen molar-refractivity contribution in [2.75, 3.05) is 25.7 Å². The summed E-state index contributed by atoms with van der Waals surface area (Å²) in [4.78, 5) is 40.9. The van der Waals surface area contributed by atoms with Crippen LogP contribution in [0.5, 0.6) is 0 Å². The first-order valence-electron chi connectivity index (χ1n) is 8.84. The van der Waals surface area contributed by atoms with Crippen molar-refractivity contribution in [2.24, 2.45) is 0 Å². The first kappa shape index (κ1) is 20.1. The number of hydrogen-bond acceptors (Lipinski definition) is 6. The zero-order chi connectivity index (χ0) is 19.6. The molecule has 0 unspecified atom stereocenters. The van der Waals surface area contributed by atoms with Crippen LogP contribution in [0.2, 0.25) is 0 Å². The quantitative estimate of drug-likeness (QED) is 0.532. The molecule has 0 aliphatic carbocycles. The molecule has 2 amide bonds. The van der Waals surface area contributed by atoms with E-state index in [0.29, 0.717) is 18.7 Å². The number of carbonyl (C=O) groups excluding carboxylic acids is 3. The molecule has 2 heterocycles. The number of ether oxygens (including phenoxy) is 1. The number of nitrogens with zero attached hydrogens (tertiary/aromatic N) is 2. The molecule has 8 heteroatoms. The Morgan fingerprint density at radius 3 is 2.74 bits per heavy atom. The topological polar surface area (TPSA) is 66.9 Å². The van der Waals surface area contributed by atoms with E-state index in [0.717, 1.165) is 12.0 Å². The Morgan fingerprint density at radius 1 is 1.37 bits per heavy atom. The van der Waals surface area contributed by atoms with E-state index in [1.54, 1.807) is 35.5 Å². The lowest BCUT2D eigenvalue weighted by molar-refractivity contribution is -0.158. The minimum atomic E-state index is -0.591. The number of hydrogen-bond donors (Lipinski definition) is 0. The number of likely N-dealkylation sites (N-methyl/N-ethyl adjacent to an activating group) is 1. The van der Waals surface area contributed by atoms with Crippen LogP contribution in [-0.4, -0.2) is 64.2 Å². The molecule has 0 spiro atoms. The molecule has 27 heavy (non-hydrogen) atoms. The predicted octanol–water partition coefficient (Wildman–Crippen LogP) is 2.36. The SMILES string of the molecule is CSc1ccc(CN(C)C(=O)COC(=O)[C@@H]2CS[C@@]3(C)CCC(=O)N23)cc1. The monoisotopic (exact) mass is 408 g/mol. The van der Waals surface area contributed by atoms with Crippen LogP contribution in [-0.2, 0) is 25.7 Å². The predicted molar refractivity (Wildman–Crippen MR) is 106 cm³/mol. The second-order valence-corrected chi connectivity index (χ2v) is 9.35. The highest BCUT2D eigenvalue weighted by molar-refractivity contribution is 8.01. The molecular weight excluding hydrogens is 384 g/mol. The molecule has 1 aromatic rings. The molecule has 2 atom stereocenters. The Balaban J connectivity index is 1.51. The fourth-order valence-electron chi connectivity index (χ4n) is 3.43. The summed E-state index contributed by atoms with van der Waals surface area (Å²) in [5, 5.41) is 0. The van der Waals surface area contributed by atoms with Crippen LogP contribution in [0.15, 0.2) is 29.2 Å². The molecule has 2 saturated heterocycles. The zero-order valence-electron chi connectivity index (χ0n) is 15.8. The van der Waals surface area contributed by atoms with E-state index in [9.17, 15) is 14.4 Å². The largest absolute Gasteiger partial charge is 0.454 e. The van der Waals surface area contributed by atoms with Crippen LogP contribution in [0.1, 0.15) is 25.3 Å². The van der Waals surface area contributed by atoms with E-state index in [1.807, 2.05) is 37.4 Å². The van der Waals surface area contributed by atoms with Crippen LogP contribution < -0.4 is 0 Å². The highest BCUT2D eigenvalue weighted by atomic mass is 32.2. The second-order valence-electron chi connectivity index (χ2n) is 6.97. The fraction of sp³-hybridized carbons (Fsp3) is 0.526. The average Bonchev–Trinajstić information content (AvgIpc) is 3.16. The summed E-state index contributed by atoms with van der Waals surface area (Å²) < 4.78 is 5.24. The van der Waals surface area contributed by atoms with Gasteiger partial charge in [-0.2, -0.15) is 0 Å². The lowest BCUT2D eigenvalue weighted by Crippen LogP contribution is -2.47. The maximum Gasteiger partial charge on any atom is 0.330 e. The van der Waals surface area contributed by atoms with Crippen molar-refractivity contribution in [2.45, 2.75) is 42.1 Å². The average molecular weight is 409 g/mol. The third kappa shape index (κ3) is 4.27. The Bertz CT molecular complexity index is 740. The van der Waals surface area contributed by atoms with Gasteiger partial charge in [0.05, 0.1) is 4.87 Å². The van der Waals surface area contributed by atoms with Gasteiger partial charge in [-0.25, -0.2) is 4.79 Å². The van der Waals surface area contributed by atoms with Gasteiger partial charge in [-0.05, 0) is 37.3 Å². The number of benzene rings is 1. The number of fused-ring (bicyclic) bond motifs is 1. The molecule has 0 aromatic heterocycles. The molecule has 146 valence electrons. The molecule has 2 fully saturated rings. The smallest absolute Gasteiger partial charge is 0.330 e. The number of carbonyl (C=O) groups is 3. The molecular formula is C19H24N2O4S2. The number of thioether (sulfide) groups is 2. The van der Waals surface area contributed by atoms with Gasteiger partial charge in [0.1, 0.15) is 6.04 Å². The summed E-state index contributed by atoms with van der Waals surface area (Å²) in [5.41, 5.74) is 1.01. The Morgan fingerprint density at radius 2 is 2.07 bits per heavy atom. The number of rotatable bonds is 6. The molecule has 0 bridgehead atoms. The minimum Gasteiger partial charge on any atom is -0.454 e. The Kier molecular flexibility index (Phi) is 6.05. The van der Waals surface area contributed by atoms with Crippen LogP contribution in [0.4, 0.5) is 0 Å². The lowest BCUT2D eigenvalue weighted by Gasteiger charge is -2.29. The molecule has 3 rings (SSSR count). The summed E-state index contributed by atoms with van der Waals surface area (Å²) >= 11 is 3.27. The van der Waals surface area contributed by atoms with Crippen molar-refractivity contribution in [1.82, 2.24) is 9.80 Å². The number of amides is 2. The summed E-state index contributed by atoms with van der Waals surface area (Å²) in [5.74, 6) is -0.250. The van der Waals surface area contributed by atoms with Crippen molar-refractivity contribution in [1.29, 1.82) is 0 Å². The maximum absolute atomic E-state index is 12.4. The summed E-state index contributed by atoms with van der Waals surface area (Å²) in [6.45, 7) is 2.13. The molecule has 0 saturated carbocycles. The first-order chi connectivity index (χ1) is 12.8. The highest BCUT2D eigenvalue weighted by Crippen LogP contribution is 2.47. The van der Waals surface area contributed by atoms with Crippen LogP contribution >= 0.6 is 23.5 Å². The minimum absolute atomic E-state index is 0.0124. The van der Waals surface area contributed by atoms with Crippen molar-refractivity contribution in [3.8, 4) is 0 Å². The van der Waals surface area contributed by atoms with Crippen molar-refractivity contribution in [3.63, 3.8) is 0 Å². The lowest BCUT2D eigenvalue weighted by atomic mass is 10.2. The first-order valence-corrected chi connectivity index (χ1v) is 11.0. The standard InChI is InChI=1S/C19H24N2O4S2/c1-19-9-8-16(22)21(19)15(12-27-19)18(24)25-11-17(23)20(2)10-13-4-6-14(26-3)7-5-13/h4-7,15H,8-12H2,1-3H3/t15-,19-/m0/s1. The van der Waals surface area contributed by atoms with Crippen molar-refractivity contribution in [3.05, 3.63) is 29.8 Å². The molecule has 2 aliphatic rings. The summed E-state index contributed by atoms with van der Waals surface area (Å²) in [6.07, 6.45) is 3.22. The van der Waals surface area contributed by atoms with E-state index in [4.69, 9.17) is 4.74 Å². The molecule has 0 N–H and O–H groups in total. The van der Waals surface area contributed by atoms with Gasteiger partial charge in [0.15, 0.2) is 6.61 Å². The van der Waals surface area contributed by atoms with E-state index in [1.165, 1.54) is 9.80 Å². The third-order valence-corrected chi connectivity index (χ3v) is 7.31. The van der Waals surface area contributed by atoms with Crippen LogP contribution in [0.3, 0.4) is 0 Å². The van der Waals surface area contributed by atoms with E-state index in [-0.39, 0.29) is 23.3 Å². The second kappa shape index (κ2) is 8.14. The van der Waals surface area contributed by atoms with E-state index >= 15 is 0 Å². The molecule has 6 nitrogen and oxygen atoms in total. The summed E-state index contributed by atoms with van der Waals surface area (Å²) in [6, 6.07) is 7.40. The van der Waals surface area contributed by atoms with Gasteiger partial charge < -0.3 is 14.5 Å². The normalized spacial score (nSPS) is 24.0. The zero-order valence-corrected chi connectivity index (χ0v) is 17.4. The van der Waals surface area contributed by atoms with E-state index < -0.39 is 12.0 Å². The molecule has 1 aromatic carbocycles. The van der Waals surface area contributed by atoms with E-state index in [2.05, 4.69) is 0 Å². The van der Waals surface area contributed by atoms with Gasteiger partial charge >= 0.3 is 5.97 Å². The molecule has 0 radical (unpaired) electrons. The third-order valence-electron chi connectivity index (χ3n) is 5.06. The fourth-order valence-corrected chi connectivity index (χ4v) is 5.25. The Hall–Kier alpha value is -1.67. The van der Waals surface area contributed by atoms with Gasteiger partial charge in [-0.1, -0.05) is 12.1 Å². The van der Waals surface area contributed by atoms with Gasteiger partial charge in [-0.15, -0.1) is 23.5 Å². The molecule has 2 aliphatic heterocycles. The van der Waals surface area contributed by atoms with Crippen molar-refractivity contribution < 1.29 is 19.1 Å². The van der Waals surface area contributed by atoms with Gasteiger partial charge in [-0.3, -0.25) is 9.59 Å². The van der Waals surface area contributed by atoms with Gasteiger partial charge in [0.2, 0.25) is 5.91 Å². The van der Waals surface area contributed by atoms with Crippen LogP contribution in [0, 0.1) is 0 Å². The Labute approximate surface area is 168 Å². The van der Waals surface area contributed by atoms with Crippen LogP contribution in [0.25, 0.3) is 0 Å². The number of esters is 1. The maximum atomic E-state index is 12.4. The summed E-state index contributed by atoms with van der Waals surface area (Å²) in [7, 11) is 1.69. The highest BCUT2D eigenvalue weighted by Gasteiger charge is 2.53. The van der Waals surface area contributed by atoms with Gasteiger partial charge in [0, 0.05) is 30.7 Å². The van der Waals surface area contributed by atoms with Crippen molar-refractivity contribution >= 4 is 41.3 Å². The van der Waals surface area contributed by atoms with Gasteiger partial charge in [0.25, 0.3) is 5.91 Å².